The second-order valence-corrected chi connectivity index (χ2v) is 6.31. The number of nitrogens with zero attached hydrogens (tertiary/aromatic N) is 3. The number of halogens is 1. The smallest absolute Gasteiger partial charge is 0.414 e. The summed E-state index contributed by atoms with van der Waals surface area (Å²) in [6.45, 7) is 1.35. The summed E-state index contributed by atoms with van der Waals surface area (Å²) >= 11 is 0. The Balaban J connectivity index is 1.36. The van der Waals surface area contributed by atoms with Crippen LogP contribution < -0.4 is 9.47 Å². The molecule has 138 valence electrons. The van der Waals surface area contributed by atoms with E-state index in [1.165, 1.54) is 18.3 Å². The van der Waals surface area contributed by atoms with Crippen LogP contribution in [-0.2, 0) is 6.54 Å². The van der Waals surface area contributed by atoms with E-state index >= 15 is 0 Å². The van der Waals surface area contributed by atoms with Crippen LogP contribution in [0, 0.1) is 21.8 Å². The summed E-state index contributed by atoms with van der Waals surface area (Å²) in [6.07, 6.45) is 1.37. The van der Waals surface area contributed by atoms with Crippen LogP contribution in [-0.4, -0.2) is 27.7 Å². The first-order chi connectivity index (χ1) is 13.1. The van der Waals surface area contributed by atoms with Gasteiger partial charge in [-0.25, -0.2) is 4.39 Å². The highest BCUT2D eigenvalue weighted by Gasteiger charge is 2.28. The van der Waals surface area contributed by atoms with Crippen molar-refractivity contribution >= 4 is 5.82 Å². The Morgan fingerprint density at radius 1 is 1.19 bits per heavy atom. The highest BCUT2D eigenvalue weighted by molar-refractivity contribution is 5.63. The van der Waals surface area contributed by atoms with Gasteiger partial charge < -0.3 is 19.6 Å². The summed E-state index contributed by atoms with van der Waals surface area (Å²) in [4.78, 5) is 14.1. The van der Waals surface area contributed by atoms with E-state index in [0.29, 0.717) is 25.5 Å². The first-order valence-corrected chi connectivity index (χ1v) is 8.41. The molecule has 2 aromatic carbocycles. The van der Waals surface area contributed by atoms with Crippen LogP contribution in [0.25, 0.3) is 11.1 Å². The third-order valence-corrected chi connectivity index (χ3v) is 4.33. The summed E-state index contributed by atoms with van der Waals surface area (Å²) in [5.41, 5.74) is 1.90. The predicted octanol–water partition coefficient (Wildman–Crippen LogP) is 3.69. The van der Waals surface area contributed by atoms with Crippen molar-refractivity contribution < 1.29 is 18.8 Å². The van der Waals surface area contributed by atoms with Gasteiger partial charge >= 0.3 is 11.8 Å². The minimum Gasteiger partial charge on any atom is -0.493 e. The Morgan fingerprint density at radius 2 is 1.85 bits per heavy atom. The molecule has 0 fully saturated rings. The maximum Gasteiger partial charge on any atom is 0.414 e. The summed E-state index contributed by atoms with van der Waals surface area (Å²) in [5, 5.41) is 10.8. The molecular weight excluding hydrogens is 353 g/mol. The molecule has 2 heterocycles. The molecule has 27 heavy (non-hydrogen) atoms. The average molecular weight is 369 g/mol. The van der Waals surface area contributed by atoms with Crippen LogP contribution >= 0.6 is 0 Å². The van der Waals surface area contributed by atoms with Crippen molar-refractivity contribution in [1.82, 2.24) is 9.55 Å². The zero-order chi connectivity index (χ0) is 18.8. The van der Waals surface area contributed by atoms with Gasteiger partial charge in [-0.1, -0.05) is 24.3 Å². The Hall–Kier alpha value is -3.42. The van der Waals surface area contributed by atoms with E-state index in [0.717, 1.165) is 11.1 Å². The van der Waals surface area contributed by atoms with Gasteiger partial charge in [0.15, 0.2) is 0 Å². The van der Waals surface area contributed by atoms with Crippen LogP contribution in [0.5, 0.6) is 11.8 Å². The zero-order valence-electron chi connectivity index (χ0n) is 14.2. The van der Waals surface area contributed by atoms with Gasteiger partial charge in [0.25, 0.3) is 0 Å². The molecule has 1 atom stereocenters. The SMILES string of the molecule is O=[N+]([O-])c1cn2c(n1)OC[C@H](COc1ccc(-c3ccc(F)cc3)cc1)C2. The summed E-state index contributed by atoms with van der Waals surface area (Å²) in [5.74, 6) is 0.286. The Kier molecular flexibility index (Phi) is 4.45. The molecule has 1 aromatic heterocycles. The van der Waals surface area contributed by atoms with Crippen LogP contribution in [0.15, 0.2) is 54.7 Å². The number of benzene rings is 2. The normalized spacial score (nSPS) is 15.7. The average Bonchev–Trinajstić information content (AvgIpc) is 3.11. The molecule has 8 heteroatoms. The molecule has 0 amide bonds. The Labute approximate surface area is 154 Å². The van der Waals surface area contributed by atoms with Gasteiger partial charge in [0.2, 0.25) is 0 Å². The van der Waals surface area contributed by atoms with Crippen LogP contribution in [0.1, 0.15) is 0 Å². The molecule has 0 unspecified atom stereocenters. The fourth-order valence-electron chi connectivity index (χ4n) is 2.94. The maximum atomic E-state index is 13.0. The first kappa shape index (κ1) is 17.0. The van der Waals surface area contributed by atoms with Crippen molar-refractivity contribution in [2.45, 2.75) is 6.54 Å². The maximum absolute atomic E-state index is 13.0. The zero-order valence-corrected chi connectivity index (χ0v) is 14.2. The lowest BCUT2D eigenvalue weighted by atomic mass is 10.1. The summed E-state index contributed by atoms with van der Waals surface area (Å²) in [6, 6.07) is 14.1. The third-order valence-electron chi connectivity index (χ3n) is 4.33. The molecule has 7 nitrogen and oxygen atoms in total. The molecule has 0 radical (unpaired) electrons. The van der Waals surface area contributed by atoms with E-state index in [9.17, 15) is 14.5 Å². The van der Waals surface area contributed by atoms with Gasteiger partial charge in [-0.3, -0.25) is 4.57 Å². The number of aromatic nitrogens is 2. The van der Waals surface area contributed by atoms with Crippen molar-refractivity contribution in [1.29, 1.82) is 0 Å². The quantitative estimate of drug-likeness (QED) is 0.506. The second-order valence-electron chi connectivity index (χ2n) is 6.31. The van der Waals surface area contributed by atoms with Gasteiger partial charge in [0.1, 0.15) is 24.4 Å². The molecule has 0 bridgehead atoms. The number of hydrogen-bond acceptors (Lipinski definition) is 5. The third kappa shape index (κ3) is 3.74. The molecule has 1 aliphatic rings. The van der Waals surface area contributed by atoms with E-state index in [1.54, 1.807) is 16.7 Å². The van der Waals surface area contributed by atoms with Crippen LogP contribution in [0.4, 0.5) is 10.2 Å². The molecule has 0 N–H and O–H groups in total. The van der Waals surface area contributed by atoms with Gasteiger partial charge in [-0.05, 0) is 40.3 Å². The minimum atomic E-state index is -0.539. The highest BCUT2D eigenvalue weighted by atomic mass is 19.1. The van der Waals surface area contributed by atoms with E-state index in [-0.39, 0.29) is 23.6 Å². The molecule has 0 saturated carbocycles. The molecular formula is C19H16FN3O4. The molecule has 0 aliphatic carbocycles. The van der Waals surface area contributed by atoms with E-state index in [2.05, 4.69) is 4.98 Å². The molecule has 3 aromatic rings. The minimum absolute atomic E-state index is 0.0584. The number of rotatable bonds is 5. The largest absolute Gasteiger partial charge is 0.493 e. The van der Waals surface area contributed by atoms with Crippen molar-refractivity contribution in [3.8, 4) is 22.9 Å². The van der Waals surface area contributed by atoms with Crippen LogP contribution in [0.2, 0.25) is 0 Å². The summed E-state index contributed by atoms with van der Waals surface area (Å²) in [7, 11) is 0. The molecule has 0 spiro atoms. The fraction of sp³-hybridized carbons (Fsp3) is 0.211. The molecule has 0 saturated heterocycles. The Bertz CT molecular complexity index is 954. The van der Waals surface area contributed by atoms with Crippen molar-refractivity contribution in [3.05, 3.63) is 70.7 Å². The van der Waals surface area contributed by atoms with Gasteiger partial charge in [0, 0.05) is 17.4 Å². The van der Waals surface area contributed by atoms with E-state index in [1.807, 2.05) is 24.3 Å². The standard InChI is InChI=1S/C19H16FN3O4/c20-16-5-1-14(2-6-16)15-3-7-17(8-4-15)26-11-13-9-22-10-18(23(24)25)21-19(22)27-12-13/h1-8,10,13H,9,11-12H2/t13-/m0/s1. The Morgan fingerprint density at radius 3 is 2.52 bits per heavy atom. The van der Waals surface area contributed by atoms with Gasteiger partial charge in [-0.2, -0.15) is 0 Å². The summed E-state index contributed by atoms with van der Waals surface area (Å²) < 4.78 is 25.9. The highest BCUT2D eigenvalue weighted by Crippen LogP contribution is 2.26. The van der Waals surface area contributed by atoms with Gasteiger partial charge in [0.05, 0.1) is 6.61 Å². The lowest BCUT2D eigenvalue weighted by Crippen LogP contribution is -2.29. The van der Waals surface area contributed by atoms with E-state index < -0.39 is 4.92 Å². The van der Waals surface area contributed by atoms with Crippen LogP contribution in [0.3, 0.4) is 0 Å². The predicted molar refractivity (Wildman–Crippen MR) is 95.2 cm³/mol. The monoisotopic (exact) mass is 369 g/mol. The lowest BCUT2D eigenvalue weighted by Gasteiger charge is -2.22. The molecule has 4 rings (SSSR count). The second kappa shape index (κ2) is 7.06. The lowest BCUT2D eigenvalue weighted by molar-refractivity contribution is -0.389. The van der Waals surface area contributed by atoms with Gasteiger partial charge in [-0.15, -0.1) is 0 Å². The topological polar surface area (TPSA) is 79.4 Å². The van der Waals surface area contributed by atoms with Crippen molar-refractivity contribution in [2.24, 2.45) is 5.92 Å². The first-order valence-electron chi connectivity index (χ1n) is 8.41. The number of ether oxygens (including phenoxy) is 2. The fourth-order valence-corrected chi connectivity index (χ4v) is 2.94. The number of hydrogen-bond donors (Lipinski definition) is 0. The number of nitro groups is 1. The van der Waals surface area contributed by atoms with E-state index in [4.69, 9.17) is 9.47 Å². The molecule has 1 aliphatic heterocycles. The number of fused-ring (bicyclic) bond motifs is 1. The van der Waals surface area contributed by atoms with Crippen molar-refractivity contribution in [3.63, 3.8) is 0 Å². The van der Waals surface area contributed by atoms with Crippen molar-refractivity contribution in [2.75, 3.05) is 13.2 Å². The number of imidazole rings is 1.